The number of hydrogen-bond acceptors (Lipinski definition) is 6. The van der Waals surface area contributed by atoms with Crippen molar-refractivity contribution in [3.63, 3.8) is 0 Å². The number of amides is 3. The third-order valence-corrected chi connectivity index (χ3v) is 7.69. The second-order valence-corrected chi connectivity index (χ2v) is 11.5. The van der Waals surface area contributed by atoms with E-state index in [-0.39, 0.29) is 29.5 Å². The van der Waals surface area contributed by atoms with Crippen LogP contribution in [0.25, 0.3) is 10.8 Å². The Bertz CT molecular complexity index is 1320. The molecule has 4 rings (SSSR count). The maximum Gasteiger partial charge on any atom is 0.471 e. The maximum absolute atomic E-state index is 13.6. The summed E-state index contributed by atoms with van der Waals surface area (Å²) in [6.07, 6.45) is -3.64. The molecule has 1 saturated carbocycles. The molecule has 3 amide bonds. The molecule has 5 atom stereocenters. The van der Waals surface area contributed by atoms with E-state index in [1.54, 1.807) is 24.3 Å². The number of carbonyl (C=O) groups is 3. The Morgan fingerprint density at radius 3 is 2.42 bits per heavy atom. The fourth-order valence-corrected chi connectivity index (χ4v) is 5.49. The number of benzene rings is 1. The van der Waals surface area contributed by atoms with Crippen molar-refractivity contribution in [3.05, 3.63) is 36.2 Å². The van der Waals surface area contributed by atoms with Crippen molar-refractivity contribution >= 4 is 28.5 Å². The zero-order valence-electron chi connectivity index (χ0n) is 21.6. The number of nitrogens with zero attached hydrogens (tertiary/aromatic N) is 4. The highest BCUT2D eigenvalue weighted by atomic mass is 19.4. The van der Waals surface area contributed by atoms with E-state index < -0.39 is 47.4 Å². The minimum Gasteiger partial charge on any atom is -0.336 e. The normalized spacial score (nSPS) is 23.7. The van der Waals surface area contributed by atoms with Crippen LogP contribution in [0.4, 0.5) is 13.2 Å². The van der Waals surface area contributed by atoms with E-state index in [0.717, 1.165) is 5.39 Å². The number of halogens is 3. The van der Waals surface area contributed by atoms with Gasteiger partial charge in [-0.1, -0.05) is 58.9 Å². The van der Waals surface area contributed by atoms with Gasteiger partial charge < -0.3 is 15.5 Å². The van der Waals surface area contributed by atoms with Crippen LogP contribution in [0.3, 0.4) is 0 Å². The van der Waals surface area contributed by atoms with Gasteiger partial charge in [0, 0.05) is 17.3 Å². The Hall–Kier alpha value is -3.75. The lowest BCUT2D eigenvalue weighted by atomic mass is 9.85. The molecule has 2 fully saturated rings. The van der Waals surface area contributed by atoms with E-state index in [0.29, 0.717) is 5.39 Å². The molecule has 0 radical (unpaired) electrons. The topological polar surface area (TPSA) is 128 Å². The standard InChI is InChI=1S/C26H29F3N6O3/c1-24(2,3)20(33-23(38)26(27,28)29)22(37)35-12-15-17(25(15,4)5)19(35)21(36)32-16(10-30)18-14-9-7-6-8-13(14)11-31-34-18/h6-9,11,15-17,19-20H,12H2,1-5H3,(H,32,36)(H,33,38)/t15-,16?,17-,19-,20+/m0/s1. The summed E-state index contributed by atoms with van der Waals surface area (Å²) in [5.41, 5.74) is -1.12. The first kappa shape index (κ1) is 27.3. The molecule has 9 nitrogen and oxygen atoms in total. The van der Waals surface area contributed by atoms with Crippen molar-refractivity contribution in [3.8, 4) is 6.07 Å². The fourth-order valence-electron chi connectivity index (χ4n) is 5.49. The second-order valence-electron chi connectivity index (χ2n) is 11.5. The molecule has 0 spiro atoms. The molecule has 1 aliphatic heterocycles. The van der Waals surface area contributed by atoms with E-state index in [2.05, 4.69) is 15.5 Å². The van der Waals surface area contributed by atoms with Crippen LogP contribution < -0.4 is 10.6 Å². The van der Waals surface area contributed by atoms with Crippen LogP contribution in [-0.4, -0.2) is 57.6 Å². The number of nitriles is 1. The predicted octanol–water partition coefficient (Wildman–Crippen LogP) is 2.89. The van der Waals surface area contributed by atoms with E-state index >= 15 is 0 Å². The number of aromatic nitrogens is 2. The first-order valence-electron chi connectivity index (χ1n) is 12.2. The summed E-state index contributed by atoms with van der Waals surface area (Å²) in [4.78, 5) is 40.3. The van der Waals surface area contributed by atoms with E-state index in [1.165, 1.54) is 31.9 Å². The third kappa shape index (κ3) is 4.77. The molecular weight excluding hydrogens is 501 g/mol. The molecule has 2 heterocycles. The number of nitrogens with one attached hydrogen (secondary N) is 2. The van der Waals surface area contributed by atoms with Crippen LogP contribution in [0.1, 0.15) is 46.4 Å². The molecule has 1 aromatic carbocycles. The Labute approximate surface area is 217 Å². The Balaban J connectivity index is 1.63. The zero-order valence-corrected chi connectivity index (χ0v) is 21.6. The van der Waals surface area contributed by atoms with Crippen LogP contribution in [0.5, 0.6) is 0 Å². The van der Waals surface area contributed by atoms with Crippen LogP contribution in [0.2, 0.25) is 0 Å². The number of carbonyl (C=O) groups excluding carboxylic acids is 3. The van der Waals surface area contributed by atoms with Crippen molar-refractivity contribution < 1.29 is 27.6 Å². The minimum atomic E-state index is -5.17. The second kappa shape index (κ2) is 9.22. The van der Waals surface area contributed by atoms with Gasteiger partial charge in [0.25, 0.3) is 0 Å². The van der Waals surface area contributed by atoms with E-state index in [1.807, 2.05) is 25.2 Å². The van der Waals surface area contributed by atoms with Gasteiger partial charge in [-0.2, -0.15) is 28.6 Å². The molecule has 2 aliphatic rings. The highest BCUT2D eigenvalue weighted by molar-refractivity contribution is 5.95. The number of fused-ring (bicyclic) bond motifs is 2. The van der Waals surface area contributed by atoms with E-state index in [9.17, 15) is 32.8 Å². The number of likely N-dealkylation sites (tertiary alicyclic amines) is 1. The molecule has 1 aromatic heterocycles. The highest BCUT2D eigenvalue weighted by Crippen LogP contribution is 2.65. The molecule has 12 heteroatoms. The van der Waals surface area contributed by atoms with Gasteiger partial charge >= 0.3 is 12.1 Å². The minimum absolute atomic E-state index is 0.0565. The molecule has 38 heavy (non-hydrogen) atoms. The molecular formula is C26H29F3N6O3. The molecule has 1 aliphatic carbocycles. The SMILES string of the molecule is CC(C)(C)[C@H](NC(=O)C(F)(F)F)C(=O)N1C[C@H]2[C@@H]([C@H]1C(=O)NC(C#N)c1nncc3ccccc13)C2(C)C. The monoisotopic (exact) mass is 530 g/mol. The molecule has 202 valence electrons. The van der Waals surface area contributed by atoms with Crippen LogP contribution in [0.15, 0.2) is 30.5 Å². The molecule has 2 aromatic rings. The maximum atomic E-state index is 13.6. The lowest BCUT2D eigenvalue weighted by molar-refractivity contribution is -0.176. The number of piperidine rings is 1. The van der Waals surface area contributed by atoms with Gasteiger partial charge in [0.2, 0.25) is 11.8 Å². The van der Waals surface area contributed by atoms with Gasteiger partial charge in [0.15, 0.2) is 6.04 Å². The summed E-state index contributed by atoms with van der Waals surface area (Å²) < 4.78 is 39.1. The summed E-state index contributed by atoms with van der Waals surface area (Å²) in [5, 5.41) is 23.7. The third-order valence-electron chi connectivity index (χ3n) is 7.69. The van der Waals surface area contributed by atoms with Gasteiger partial charge in [-0.15, -0.1) is 0 Å². The lowest BCUT2D eigenvalue weighted by Crippen LogP contribution is -2.60. The summed E-state index contributed by atoms with van der Waals surface area (Å²) in [6.45, 7) is 8.66. The van der Waals surface area contributed by atoms with Gasteiger partial charge in [-0.05, 0) is 22.7 Å². The van der Waals surface area contributed by atoms with Crippen molar-refractivity contribution in [2.75, 3.05) is 6.54 Å². The Morgan fingerprint density at radius 2 is 1.82 bits per heavy atom. The van der Waals surface area contributed by atoms with Crippen LogP contribution in [0, 0.1) is 34.0 Å². The Kier molecular flexibility index (Phi) is 6.62. The van der Waals surface area contributed by atoms with Gasteiger partial charge in [0.05, 0.1) is 12.3 Å². The van der Waals surface area contributed by atoms with Crippen molar-refractivity contribution in [2.24, 2.45) is 22.7 Å². The lowest BCUT2D eigenvalue weighted by Gasteiger charge is -2.37. The quantitative estimate of drug-likeness (QED) is 0.612. The first-order valence-corrected chi connectivity index (χ1v) is 12.2. The van der Waals surface area contributed by atoms with Crippen LogP contribution >= 0.6 is 0 Å². The fraction of sp³-hybridized carbons (Fsp3) is 0.538. The molecule has 2 N–H and O–H groups in total. The zero-order chi connectivity index (χ0) is 28.2. The predicted molar refractivity (Wildman–Crippen MR) is 130 cm³/mol. The summed E-state index contributed by atoms with van der Waals surface area (Å²) in [7, 11) is 0. The summed E-state index contributed by atoms with van der Waals surface area (Å²) in [5.74, 6) is -3.94. The van der Waals surface area contributed by atoms with Gasteiger partial charge in [-0.3, -0.25) is 14.4 Å². The number of rotatable bonds is 5. The Morgan fingerprint density at radius 1 is 1.16 bits per heavy atom. The number of alkyl halides is 3. The van der Waals surface area contributed by atoms with Crippen LogP contribution in [-0.2, 0) is 14.4 Å². The molecule has 0 bridgehead atoms. The van der Waals surface area contributed by atoms with Crippen molar-refractivity contribution in [1.29, 1.82) is 5.26 Å². The average molecular weight is 531 g/mol. The molecule has 1 saturated heterocycles. The van der Waals surface area contributed by atoms with Gasteiger partial charge in [-0.25, -0.2) is 0 Å². The van der Waals surface area contributed by atoms with Crippen molar-refractivity contribution in [2.45, 2.75) is 58.9 Å². The average Bonchev–Trinajstić information content (AvgIpc) is 3.16. The summed E-state index contributed by atoms with van der Waals surface area (Å²) >= 11 is 0. The van der Waals surface area contributed by atoms with Crippen molar-refractivity contribution in [1.82, 2.24) is 25.7 Å². The highest BCUT2D eigenvalue weighted by Gasteiger charge is 2.70. The number of hydrogen-bond donors (Lipinski definition) is 2. The largest absolute Gasteiger partial charge is 0.471 e. The van der Waals surface area contributed by atoms with Gasteiger partial charge in [0.1, 0.15) is 17.8 Å². The van der Waals surface area contributed by atoms with E-state index in [4.69, 9.17) is 0 Å². The molecule has 1 unspecified atom stereocenters. The first-order chi connectivity index (χ1) is 17.6. The summed E-state index contributed by atoms with van der Waals surface area (Å²) in [6, 6.07) is 5.40. The smallest absolute Gasteiger partial charge is 0.336 e.